The average Bonchev–Trinajstić information content (AvgIpc) is 3.19. The van der Waals surface area contributed by atoms with Crippen LogP contribution in [0.1, 0.15) is 155 Å². The van der Waals surface area contributed by atoms with E-state index in [-0.39, 0.29) is 19.6 Å². The Bertz CT molecular complexity index is 1250. The molecule has 1 fully saturated rings. The molecule has 1 aliphatic heterocycles. The summed E-state index contributed by atoms with van der Waals surface area (Å²) in [7, 11) is -5.07. The SMILES string of the molecule is CC/C=C\C/C=C\C/C=C\C/C=C\CCC(=O)OC(COCCCCCCCCCC/C=C\CCCCCCCC)COC1OC(CO)C(O)C(OS(=O)(=O)O)C1O. The number of rotatable bonds is 37. The van der Waals surface area contributed by atoms with Crippen molar-refractivity contribution in [3.8, 4) is 0 Å². The van der Waals surface area contributed by atoms with Crippen LogP contribution < -0.4 is 0 Å². The van der Waals surface area contributed by atoms with E-state index in [4.69, 9.17) is 23.5 Å². The summed E-state index contributed by atoms with van der Waals surface area (Å²) in [4.78, 5) is 12.8. The first-order valence-corrected chi connectivity index (χ1v) is 23.4. The standard InChI is InChI=1S/C45H78O12S/c1-3-5-7-9-11-13-15-17-18-19-20-21-23-25-27-29-31-33-35-53-37-39(38-54-45-43(49)44(57-58(50,51)52)42(48)40(36-46)56-45)55-41(47)34-32-30-28-26-24-22-16-14-12-10-8-6-4-2/h6,8,12,14,17-18,22,24,28,30,39-40,42-46,48-49H,3-5,7,9-11,13,15-16,19-21,23,25-27,29,31-38H2,1-2H3,(H,50,51,52)/b8-6-,14-12-,18-17-,24-22-,30-28-. The second-order valence-electron chi connectivity index (χ2n) is 14.9. The molecule has 0 spiro atoms. The Balaban J connectivity index is 2.47. The number of allylic oxidation sites excluding steroid dienone is 10. The lowest BCUT2D eigenvalue weighted by Gasteiger charge is -2.41. The van der Waals surface area contributed by atoms with E-state index in [9.17, 15) is 28.5 Å². The van der Waals surface area contributed by atoms with Gasteiger partial charge in [0.15, 0.2) is 6.29 Å². The quantitative estimate of drug-likeness (QED) is 0.0202. The third-order valence-electron chi connectivity index (χ3n) is 9.64. The zero-order valence-corrected chi connectivity index (χ0v) is 36.4. The molecule has 6 atom stereocenters. The van der Waals surface area contributed by atoms with Crippen LogP contribution in [0, 0.1) is 0 Å². The minimum Gasteiger partial charge on any atom is -0.457 e. The molecule has 0 radical (unpaired) electrons. The normalized spacial score (nSPS) is 21.1. The largest absolute Gasteiger partial charge is 0.457 e. The van der Waals surface area contributed by atoms with Crippen molar-refractivity contribution >= 4 is 16.4 Å². The summed E-state index contributed by atoms with van der Waals surface area (Å²) in [6.45, 7) is 3.76. The van der Waals surface area contributed by atoms with Gasteiger partial charge in [-0.3, -0.25) is 9.35 Å². The first-order valence-electron chi connectivity index (χ1n) is 22.0. The number of aliphatic hydroxyl groups excluding tert-OH is 3. The summed E-state index contributed by atoms with van der Waals surface area (Å²) in [6, 6.07) is 0. The van der Waals surface area contributed by atoms with Gasteiger partial charge >= 0.3 is 16.4 Å². The maximum absolute atomic E-state index is 12.8. The van der Waals surface area contributed by atoms with Gasteiger partial charge in [0.2, 0.25) is 0 Å². The molecular formula is C45H78O12S. The van der Waals surface area contributed by atoms with E-state index in [0.717, 1.165) is 44.9 Å². The molecule has 13 heteroatoms. The van der Waals surface area contributed by atoms with Crippen molar-refractivity contribution in [1.82, 2.24) is 0 Å². The van der Waals surface area contributed by atoms with Gasteiger partial charge in [-0.1, -0.05) is 145 Å². The molecule has 58 heavy (non-hydrogen) atoms. The summed E-state index contributed by atoms with van der Waals surface area (Å²) < 4.78 is 58.9. The zero-order chi connectivity index (χ0) is 42.5. The van der Waals surface area contributed by atoms with Gasteiger partial charge in [0, 0.05) is 13.0 Å². The summed E-state index contributed by atoms with van der Waals surface area (Å²) in [6.07, 6.45) is 35.6. The molecule has 0 bridgehead atoms. The van der Waals surface area contributed by atoms with Gasteiger partial charge in [-0.15, -0.1) is 0 Å². The lowest BCUT2D eigenvalue weighted by atomic mass is 9.99. The minimum atomic E-state index is -5.07. The van der Waals surface area contributed by atoms with Crippen molar-refractivity contribution in [2.45, 2.75) is 192 Å². The monoisotopic (exact) mass is 843 g/mol. The van der Waals surface area contributed by atoms with Crippen LogP contribution in [-0.4, -0.2) is 97.5 Å². The maximum atomic E-state index is 12.8. The summed E-state index contributed by atoms with van der Waals surface area (Å²) in [5.74, 6) is -0.481. The fourth-order valence-electron chi connectivity index (χ4n) is 6.33. The van der Waals surface area contributed by atoms with Gasteiger partial charge in [0.25, 0.3) is 0 Å². The van der Waals surface area contributed by atoms with Crippen LogP contribution in [0.2, 0.25) is 0 Å². The molecular weight excluding hydrogens is 765 g/mol. The topological polar surface area (TPSA) is 178 Å². The number of carbonyl (C=O) groups excluding carboxylic acids is 1. The van der Waals surface area contributed by atoms with Crippen LogP contribution in [0.5, 0.6) is 0 Å². The maximum Gasteiger partial charge on any atom is 0.397 e. The van der Waals surface area contributed by atoms with Gasteiger partial charge in [-0.05, 0) is 64.2 Å². The van der Waals surface area contributed by atoms with E-state index in [2.05, 4.69) is 66.6 Å². The van der Waals surface area contributed by atoms with Crippen LogP contribution in [0.15, 0.2) is 60.8 Å². The molecule has 336 valence electrons. The van der Waals surface area contributed by atoms with Gasteiger partial charge in [-0.2, -0.15) is 8.42 Å². The Morgan fingerprint density at radius 3 is 1.74 bits per heavy atom. The van der Waals surface area contributed by atoms with Crippen molar-refractivity contribution in [2.75, 3.05) is 26.4 Å². The van der Waals surface area contributed by atoms with E-state index in [1.165, 1.54) is 83.5 Å². The Kier molecular flexibility index (Phi) is 34.0. The molecule has 0 saturated carbocycles. The van der Waals surface area contributed by atoms with E-state index in [1.807, 2.05) is 12.2 Å². The third kappa shape index (κ3) is 29.9. The van der Waals surface area contributed by atoms with Gasteiger partial charge in [-0.25, -0.2) is 4.18 Å². The smallest absolute Gasteiger partial charge is 0.397 e. The third-order valence-corrected chi connectivity index (χ3v) is 10.1. The predicted molar refractivity (Wildman–Crippen MR) is 229 cm³/mol. The molecule has 1 rings (SSSR count). The number of hydrogen-bond donors (Lipinski definition) is 4. The summed E-state index contributed by atoms with van der Waals surface area (Å²) in [5.41, 5.74) is 0. The molecule has 1 saturated heterocycles. The Hall–Kier alpha value is -2.20. The summed E-state index contributed by atoms with van der Waals surface area (Å²) >= 11 is 0. The van der Waals surface area contributed by atoms with Gasteiger partial charge in [0.1, 0.15) is 30.5 Å². The first-order chi connectivity index (χ1) is 28.1. The first kappa shape index (κ1) is 53.8. The Morgan fingerprint density at radius 2 is 1.19 bits per heavy atom. The fourth-order valence-corrected chi connectivity index (χ4v) is 6.84. The molecule has 0 aromatic heterocycles. The van der Waals surface area contributed by atoms with Crippen LogP contribution in [0.4, 0.5) is 0 Å². The van der Waals surface area contributed by atoms with Crippen LogP contribution in [0.25, 0.3) is 0 Å². The van der Waals surface area contributed by atoms with E-state index >= 15 is 0 Å². The molecule has 6 unspecified atom stereocenters. The van der Waals surface area contributed by atoms with E-state index in [0.29, 0.717) is 13.0 Å². The highest BCUT2D eigenvalue weighted by Gasteiger charge is 2.48. The lowest BCUT2D eigenvalue weighted by molar-refractivity contribution is -0.301. The van der Waals surface area contributed by atoms with Gasteiger partial charge < -0.3 is 34.3 Å². The van der Waals surface area contributed by atoms with Crippen molar-refractivity contribution in [2.24, 2.45) is 0 Å². The van der Waals surface area contributed by atoms with Crippen molar-refractivity contribution in [1.29, 1.82) is 0 Å². The number of aliphatic hydroxyl groups is 3. The Morgan fingerprint density at radius 1 is 0.672 bits per heavy atom. The highest BCUT2D eigenvalue weighted by Crippen LogP contribution is 2.26. The second-order valence-corrected chi connectivity index (χ2v) is 15.9. The number of ether oxygens (including phenoxy) is 4. The lowest BCUT2D eigenvalue weighted by Crippen LogP contribution is -2.60. The molecule has 12 nitrogen and oxygen atoms in total. The van der Waals surface area contributed by atoms with Gasteiger partial charge in [0.05, 0.1) is 19.8 Å². The minimum absolute atomic E-state index is 0.00291. The van der Waals surface area contributed by atoms with Crippen LogP contribution in [0.3, 0.4) is 0 Å². The summed E-state index contributed by atoms with van der Waals surface area (Å²) in [5, 5.41) is 30.6. The molecule has 0 aromatic rings. The molecule has 4 N–H and O–H groups in total. The molecule has 0 aromatic carbocycles. The van der Waals surface area contributed by atoms with Crippen molar-refractivity contribution in [3.63, 3.8) is 0 Å². The molecule has 0 aliphatic carbocycles. The second kappa shape index (κ2) is 36.6. The van der Waals surface area contributed by atoms with Crippen molar-refractivity contribution < 1.29 is 56.2 Å². The van der Waals surface area contributed by atoms with Crippen LogP contribution >= 0.6 is 0 Å². The highest BCUT2D eigenvalue weighted by molar-refractivity contribution is 7.80. The number of carbonyl (C=O) groups is 1. The number of unbranched alkanes of at least 4 members (excludes halogenated alkanes) is 14. The van der Waals surface area contributed by atoms with Crippen LogP contribution in [-0.2, 0) is 38.3 Å². The van der Waals surface area contributed by atoms with Crippen molar-refractivity contribution in [3.05, 3.63) is 60.8 Å². The predicted octanol–water partition coefficient (Wildman–Crippen LogP) is 8.96. The molecule has 1 heterocycles. The fraction of sp³-hybridized carbons (Fsp3) is 0.756. The highest BCUT2D eigenvalue weighted by atomic mass is 32.3. The Labute approximate surface area is 350 Å². The zero-order valence-electron chi connectivity index (χ0n) is 35.6. The average molecular weight is 843 g/mol. The van der Waals surface area contributed by atoms with E-state index in [1.54, 1.807) is 0 Å². The molecule has 0 amide bonds. The molecule has 1 aliphatic rings. The van der Waals surface area contributed by atoms with E-state index < -0.39 is 59.8 Å². The number of hydrogen-bond acceptors (Lipinski definition) is 11. The number of esters is 1.